The smallest absolute Gasteiger partial charge is 0.283 e. The molecule has 0 aliphatic carbocycles. The van der Waals surface area contributed by atoms with Crippen LogP contribution in [0.1, 0.15) is 17.2 Å². The van der Waals surface area contributed by atoms with E-state index in [1.54, 1.807) is 24.3 Å². The van der Waals surface area contributed by atoms with Crippen molar-refractivity contribution in [2.45, 2.75) is 13.0 Å². The lowest BCUT2D eigenvalue weighted by atomic mass is 10.1. The molecule has 5 nitrogen and oxygen atoms in total. The fourth-order valence-electron chi connectivity index (χ4n) is 2.58. The third kappa shape index (κ3) is 4.87. The number of aromatic nitrogens is 2. The first-order valence-corrected chi connectivity index (χ1v) is 9.92. The molecule has 9 heteroatoms. The van der Waals surface area contributed by atoms with Gasteiger partial charge >= 0.3 is 0 Å². The Morgan fingerprint density at radius 3 is 2.24 bits per heavy atom. The van der Waals surface area contributed by atoms with Crippen molar-refractivity contribution in [2.75, 3.05) is 0 Å². The van der Waals surface area contributed by atoms with Crippen LogP contribution in [0.15, 0.2) is 57.4 Å². The summed E-state index contributed by atoms with van der Waals surface area (Å²) >= 11 is 24.0. The summed E-state index contributed by atoms with van der Waals surface area (Å²) in [4.78, 5) is 0. The minimum absolute atomic E-state index is 0.118. The fraction of sp³-hybridized carbons (Fsp3) is 0.100. The minimum Gasteiger partial charge on any atom is -0.483 e. The highest BCUT2D eigenvalue weighted by molar-refractivity contribution is 6.40. The molecule has 4 rings (SSSR count). The maximum absolute atomic E-state index is 6.11. The predicted molar refractivity (Wildman–Crippen MR) is 112 cm³/mol. The second-order valence-electron chi connectivity index (χ2n) is 6.06. The molecular weight excluding hydrogens is 458 g/mol. The van der Waals surface area contributed by atoms with Gasteiger partial charge in [0.05, 0.1) is 16.5 Å². The Morgan fingerprint density at radius 1 is 0.793 bits per heavy atom. The fourth-order valence-corrected chi connectivity index (χ4v) is 3.63. The van der Waals surface area contributed by atoms with Gasteiger partial charge < -0.3 is 13.6 Å². The lowest BCUT2D eigenvalue weighted by Crippen LogP contribution is -1.95. The van der Waals surface area contributed by atoms with Crippen LogP contribution in [0.3, 0.4) is 0 Å². The number of ether oxygens (including phenoxy) is 1. The Hall–Kier alpha value is -2.18. The van der Waals surface area contributed by atoms with Crippen LogP contribution in [-0.2, 0) is 13.0 Å². The lowest BCUT2D eigenvalue weighted by molar-refractivity contribution is 0.271. The highest BCUT2D eigenvalue weighted by Gasteiger charge is 2.15. The molecule has 4 aromatic rings. The normalized spacial score (nSPS) is 11.0. The molecule has 0 saturated carbocycles. The van der Waals surface area contributed by atoms with Gasteiger partial charge in [-0.1, -0.05) is 58.5 Å². The van der Waals surface area contributed by atoms with Crippen LogP contribution in [0.5, 0.6) is 5.75 Å². The molecule has 0 aliphatic heterocycles. The van der Waals surface area contributed by atoms with E-state index in [0.29, 0.717) is 49.7 Å². The topological polar surface area (TPSA) is 61.3 Å². The van der Waals surface area contributed by atoms with Crippen LogP contribution in [0.4, 0.5) is 0 Å². The van der Waals surface area contributed by atoms with Crippen LogP contribution in [0.25, 0.3) is 11.7 Å². The number of benzene rings is 2. The summed E-state index contributed by atoms with van der Waals surface area (Å²) in [6, 6.07) is 14.0. The zero-order chi connectivity index (χ0) is 20.4. The largest absolute Gasteiger partial charge is 0.483 e. The summed E-state index contributed by atoms with van der Waals surface area (Å²) in [5.74, 6) is 2.06. The van der Waals surface area contributed by atoms with Gasteiger partial charge in [-0.2, -0.15) is 0 Å². The van der Waals surface area contributed by atoms with Gasteiger partial charge in [0.25, 0.3) is 5.89 Å². The van der Waals surface area contributed by atoms with Crippen molar-refractivity contribution in [3.05, 3.63) is 85.8 Å². The van der Waals surface area contributed by atoms with E-state index in [4.69, 9.17) is 60.0 Å². The Morgan fingerprint density at radius 2 is 1.52 bits per heavy atom. The van der Waals surface area contributed by atoms with E-state index in [1.807, 2.05) is 24.3 Å². The van der Waals surface area contributed by atoms with Crippen LogP contribution in [0, 0.1) is 0 Å². The first-order chi connectivity index (χ1) is 14.0. The molecule has 0 aliphatic rings. The van der Waals surface area contributed by atoms with Crippen molar-refractivity contribution < 1.29 is 13.6 Å². The summed E-state index contributed by atoms with van der Waals surface area (Å²) in [5.41, 5.74) is 1.01. The van der Waals surface area contributed by atoms with Crippen LogP contribution >= 0.6 is 46.4 Å². The molecule has 0 fully saturated rings. The van der Waals surface area contributed by atoms with Gasteiger partial charge in [-0.25, -0.2) is 0 Å². The number of hydrogen-bond acceptors (Lipinski definition) is 5. The Labute approximate surface area is 186 Å². The average molecular weight is 470 g/mol. The molecule has 148 valence electrons. The van der Waals surface area contributed by atoms with Gasteiger partial charge in [-0.15, -0.1) is 10.2 Å². The van der Waals surface area contributed by atoms with E-state index in [1.165, 1.54) is 0 Å². The molecule has 0 amide bonds. The molecule has 0 bridgehead atoms. The molecule has 0 spiro atoms. The van der Waals surface area contributed by atoms with Gasteiger partial charge in [0.1, 0.15) is 12.4 Å². The quantitative estimate of drug-likeness (QED) is 0.301. The summed E-state index contributed by atoms with van der Waals surface area (Å²) < 4.78 is 17.1. The molecule has 0 atom stereocenters. The van der Waals surface area contributed by atoms with E-state index in [-0.39, 0.29) is 12.5 Å². The van der Waals surface area contributed by atoms with Crippen molar-refractivity contribution in [3.8, 4) is 17.4 Å². The predicted octanol–water partition coefficient (Wildman–Crippen LogP) is 7.11. The first-order valence-electron chi connectivity index (χ1n) is 8.41. The maximum Gasteiger partial charge on any atom is 0.283 e. The molecule has 29 heavy (non-hydrogen) atoms. The van der Waals surface area contributed by atoms with Crippen molar-refractivity contribution >= 4 is 46.4 Å². The van der Waals surface area contributed by atoms with Crippen molar-refractivity contribution in [1.29, 1.82) is 0 Å². The van der Waals surface area contributed by atoms with Crippen LogP contribution in [-0.4, -0.2) is 10.2 Å². The summed E-state index contributed by atoms with van der Waals surface area (Å²) in [6.07, 6.45) is 0.494. The van der Waals surface area contributed by atoms with Crippen molar-refractivity contribution in [3.63, 3.8) is 0 Å². The van der Waals surface area contributed by atoms with Crippen molar-refractivity contribution in [2.24, 2.45) is 0 Å². The number of nitrogens with zero attached hydrogens (tertiary/aromatic N) is 2. The second-order valence-corrected chi connectivity index (χ2v) is 7.74. The minimum atomic E-state index is 0.118. The molecule has 0 unspecified atom stereocenters. The van der Waals surface area contributed by atoms with Gasteiger partial charge in [0.15, 0.2) is 11.5 Å². The van der Waals surface area contributed by atoms with E-state index in [2.05, 4.69) is 10.2 Å². The van der Waals surface area contributed by atoms with Gasteiger partial charge in [-0.3, -0.25) is 0 Å². The molecule has 0 radical (unpaired) electrons. The van der Waals surface area contributed by atoms with Crippen molar-refractivity contribution in [1.82, 2.24) is 10.2 Å². The van der Waals surface area contributed by atoms with E-state index < -0.39 is 0 Å². The molecule has 0 N–H and O–H groups in total. The van der Waals surface area contributed by atoms with Crippen LogP contribution < -0.4 is 4.74 Å². The zero-order valence-electron chi connectivity index (χ0n) is 14.7. The highest BCUT2D eigenvalue weighted by atomic mass is 35.5. The van der Waals surface area contributed by atoms with Gasteiger partial charge in [0.2, 0.25) is 5.89 Å². The van der Waals surface area contributed by atoms with Gasteiger partial charge in [-0.05, 0) is 42.0 Å². The molecule has 2 aromatic heterocycles. The monoisotopic (exact) mass is 468 g/mol. The van der Waals surface area contributed by atoms with Gasteiger partial charge in [0, 0.05) is 10.0 Å². The summed E-state index contributed by atoms with van der Waals surface area (Å²) in [7, 11) is 0. The standard InChI is InChI=1S/C20H12Cl4N2O3/c21-12-3-1-11(2-4-12)7-18-25-26-20(29-18)17-6-5-14(28-17)10-27-19-15(23)8-13(22)9-16(19)24/h1-6,8-9H,7,10H2. The molecule has 2 aromatic carbocycles. The molecule has 2 heterocycles. The second kappa shape index (κ2) is 8.67. The van der Waals surface area contributed by atoms with E-state index >= 15 is 0 Å². The lowest BCUT2D eigenvalue weighted by Gasteiger charge is -2.08. The maximum atomic E-state index is 6.11. The Balaban J connectivity index is 1.43. The van der Waals surface area contributed by atoms with Crippen LogP contribution in [0.2, 0.25) is 20.1 Å². The van der Waals surface area contributed by atoms with E-state index in [0.717, 1.165) is 5.56 Å². The van der Waals surface area contributed by atoms with E-state index in [9.17, 15) is 0 Å². The summed E-state index contributed by atoms with van der Waals surface area (Å²) in [6.45, 7) is 0.118. The summed E-state index contributed by atoms with van der Waals surface area (Å²) in [5, 5.41) is 9.83. The highest BCUT2D eigenvalue weighted by Crippen LogP contribution is 2.36. The molecular formula is C20H12Cl4N2O3. The average Bonchev–Trinajstić information content (AvgIpc) is 3.32. The zero-order valence-corrected chi connectivity index (χ0v) is 17.7. The number of halogens is 4. The SMILES string of the molecule is Clc1ccc(Cc2nnc(-c3ccc(COc4c(Cl)cc(Cl)cc4Cl)o3)o2)cc1. The third-order valence-electron chi connectivity index (χ3n) is 3.93. The third-order valence-corrected chi connectivity index (χ3v) is 4.96. The molecule has 0 saturated heterocycles. The number of furan rings is 1. The number of hydrogen-bond donors (Lipinski definition) is 0. The Bertz CT molecular complexity index is 1120. The first kappa shape index (κ1) is 20.1. The number of rotatable bonds is 6. The Kier molecular flexibility index (Phi) is 6.01.